The lowest BCUT2D eigenvalue weighted by molar-refractivity contribution is -0.136. The van der Waals surface area contributed by atoms with Crippen molar-refractivity contribution in [3.05, 3.63) is 82.2 Å². The number of carbonyl (C=O) groups is 2. The molecular formula is C23H24N2O4S. The first kappa shape index (κ1) is 23.0. The van der Waals surface area contributed by atoms with Crippen LogP contribution in [-0.2, 0) is 20.7 Å². The molecule has 7 heteroatoms. The van der Waals surface area contributed by atoms with Gasteiger partial charge in [0.25, 0.3) is 5.91 Å². The second-order valence-electron chi connectivity index (χ2n) is 6.25. The molecule has 1 saturated heterocycles. The van der Waals surface area contributed by atoms with Gasteiger partial charge in [0.2, 0.25) is 0 Å². The highest BCUT2D eigenvalue weighted by atomic mass is 32.2. The van der Waals surface area contributed by atoms with Crippen molar-refractivity contribution < 1.29 is 19.4 Å². The lowest BCUT2D eigenvalue weighted by atomic mass is 10.1. The van der Waals surface area contributed by atoms with E-state index in [2.05, 4.69) is 10.7 Å². The molecule has 0 unspecified atom stereocenters. The number of hydrogen-bond acceptors (Lipinski definition) is 5. The quantitative estimate of drug-likeness (QED) is 0.300. The second-order valence-corrected chi connectivity index (χ2v) is 7.25. The molecule has 0 aliphatic carbocycles. The van der Waals surface area contributed by atoms with Crippen molar-refractivity contribution in [2.75, 3.05) is 14.2 Å². The van der Waals surface area contributed by atoms with Crippen LogP contribution in [0.2, 0.25) is 0 Å². The van der Waals surface area contributed by atoms with Crippen LogP contribution in [0.1, 0.15) is 19.4 Å². The Balaban J connectivity index is 2.21. The van der Waals surface area contributed by atoms with Gasteiger partial charge in [-0.1, -0.05) is 18.2 Å². The van der Waals surface area contributed by atoms with Crippen LogP contribution >= 0.6 is 11.8 Å². The van der Waals surface area contributed by atoms with E-state index >= 15 is 0 Å². The number of rotatable bonds is 7. The Labute approximate surface area is 180 Å². The predicted octanol–water partition coefficient (Wildman–Crippen LogP) is 4.60. The fourth-order valence-electron chi connectivity index (χ4n) is 2.46. The predicted molar refractivity (Wildman–Crippen MR) is 120 cm³/mol. The fourth-order valence-corrected chi connectivity index (χ4v) is 3.45. The summed E-state index contributed by atoms with van der Waals surface area (Å²) < 4.78 is 5.15. The molecule has 0 aromatic heterocycles. The molecule has 1 heterocycles. The van der Waals surface area contributed by atoms with Gasteiger partial charge < -0.3 is 9.84 Å². The number of nitrogens with zero attached hydrogens (tertiary/aromatic N) is 2. The maximum atomic E-state index is 12.6. The number of benzene rings is 1. The third-order valence-electron chi connectivity index (χ3n) is 4.15. The average molecular weight is 425 g/mol. The van der Waals surface area contributed by atoms with Gasteiger partial charge in [0.1, 0.15) is 5.76 Å². The molecule has 0 bridgehead atoms. The summed E-state index contributed by atoms with van der Waals surface area (Å²) in [6.45, 7) is 3.76. The standard InChI is InChI=1S/C23H24N2O4S/c1-5-16(8-7-9-19(6-2)29-4)14-20-22(28)25(3)23(30-20)24-18-12-10-17(11-13-18)15-21(26)27/h5-6,8-14H,15H2,1-4H3,(H,26,27)/b16-5+,19-6+,20-14-,24-23?. The summed E-state index contributed by atoms with van der Waals surface area (Å²) in [4.78, 5) is 30.0. The van der Waals surface area contributed by atoms with Crippen LogP contribution in [0.5, 0.6) is 0 Å². The molecule has 0 spiro atoms. The Kier molecular flexibility index (Phi) is 8.47. The number of ether oxygens (including phenoxy) is 1. The van der Waals surface area contributed by atoms with E-state index in [4.69, 9.17) is 9.84 Å². The first-order valence-corrected chi connectivity index (χ1v) is 10.1. The minimum atomic E-state index is -0.881. The summed E-state index contributed by atoms with van der Waals surface area (Å²) >= 11 is 1.29. The molecule has 30 heavy (non-hydrogen) atoms. The van der Waals surface area contributed by atoms with Crippen molar-refractivity contribution in [3.63, 3.8) is 0 Å². The molecule has 0 atom stereocenters. The molecule has 0 saturated carbocycles. The second kappa shape index (κ2) is 11.0. The van der Waals surface area contributed by atoms with E-state index in [0.29, 0.717) is 27.1 Å². The molecular weight excluding hydrogens is 400 g/mol. The van der Waals surface area contributed by atoms with Gasteiger partial charge in [-0.2, -0.15) is 0 Å². The Bertz CT molecular complexity index is 995. The molecule has 1 aromatic carbocycles. The Morgan fingerprint density at radius 2 is 1.93 bits per heavy atom. The van der Waals surface area contributed by atoms with Gasteiger partial charge in [-0.05, 0) is 67.1 Å². The third-order valence-corrected chi connectivity index (χ3v) is 5.21. The van der Waals surface area contributed by atoms with Gasteiger partial charge in [-0.15, -0.1) is 5.73 Å². The molecule has 1 aromatic rings. The first-order chi connectivity index (χ1) is 14.4. The molecule has 1 amide bonds. The summed E-state index contributed by atoms with van der Waals surface area (Å²) in [6, 6.07) is 6.93. The van der Waals surface area contributed by atoms with Crippen molar-refractivity contribution in [2.24, 2.45) is 4.99 Å². The van der Waals surface area contributed by atoms with Crippen LogP contribution < -0.4 is 0 Å². The monoisotopic (exact) mass is 424 g/mol. The van der Waals surface area contributed by atoms with Crippen molar-refractivity contribution in [1.82, 2.24) is 4.90 Å². The minimum Gasteiger partial charge on any atom is -0.496 e. The van der Waals surface area contributed by atoms with Crippen LogP contribution in [0.3, 0.4) is 0 Å². The van der Waals surface area contributed by atoms with Crippen LogP contribution in [0, 0.1) is 0 Å². The van der Waals surface area contributed by atoms with Crippen LogP contribution in [0.25, 0.3) is 0 Å². The Morgan fingerprint density at radius 1 is 1.23 bits per heavy atom. The highest BCUT2D eigenvalue weighted by Gasteiger charge is 2.30. The zero-order valence-corrected chi connectivity index (χ0v) is 18.2. The molecule has 1 aliphatic rings. The van der Waals surface area contributed by atoms with Gasteiger partial charge in [0.05, 0.1) is 24.1 Å². The van der Waals surface area contributed by atoms with Crippen molar-refractivity contribution in [3.8, 4) is 0 Å². The Hall–Kier alpha value is -3.28. The van der Waals surface area contributed by atoms with E-state index in [1.54, 1.807) is 56.7 Å². The van der Waals surface area contributed by atoms with Crippen LogP contribution in [-0.4, -0.2) is 41.2 Å². The van der Waals surface area contributed by atoms with Gasteiger partial charge in [0.15, 0.2) is 5.17 Å². The topological polar surface area (TPSA) is 79.2 Å². The number of methoxy groups -OCH3 is 1. The summed E-state index contributed by atoms with van der Waals surface area (Å²) in [5.74, 6) is -0.318. The fraction of sp³-hybridized carbons (Fsp3) is 0.217. The molecule has 6 nitrogen and oxygen atoms in total. The molecule has 0 radical (unpaired) electrons. The number of amidine groups is 1. The van der Waals surface area contributed by atoms with E-state index in [0.717, 1.165) is 5.57 Å². The number of thioether (sulfide) groups is 1. The molecule has 1 N–H and O–H groups in total. The molecule has 2 rings (SSSR count). The van der Waals surface area contributed by atoms with Crippen molar-refractivity contribution in [1.29, 1.82) is 0 Å². The van der Waals surface area contributed by atoms with E-state index in [9.17, 15) is 9.59 Å². The number of aliphatic carboxylic acids is 1. The van der Waals surface area contributed by atoms with Crippen molar-refractivity contribution in [2.45, 2.75) is 20.3 Å². The SMILES string of the molecule is C/C=C(C=C=C/C(=C\C)OC)/C=C1\SC(=Nc2ccc(CC(=O)O)cc2)N(C)C1=O. The lowest BCUT2D eigenvalue weighted by Gasteiger charge is -2.07. The largest absolute Gasteiger partial charge is 0.496 e. The zero-order chi connectivity index (χ0) is 22.1. The van der Waals surface area contributed by atoms with E-state index in [1.165, 1.54) is 16.7 Å². The average Bonchev–Trinajstić information content (AvgIpc) is 2.99. The Morgan fingerprint density at radius 3 is 2.50 bits per heavy atom. The van der Waals surface area contributed by atoms with Crippen LogP contribution in [0.15, 0.2) is 81.6 Å². The number of amides is 1. The summed E-state index contributed by atoms with van der Waals surface area (Å²) in [7, 11) is 3.27. The number of carboxylic acid groups (broad SMARTS) is 1. The van der Waals surface area contributed by atoms with Gasteiger partial charge in [0, 0.05) is 13.1 Å². The maximum Gasteiger partial charge on any atom is 0.307 e. The summed E-state index contributed by atoms with van der Waals surface area (Å²) in [5, 5.41) is 9.41. The van der Waals surface area contributed by atoms with Crippen LogP contribution in [0.4, 0.5) is 5.69 Å². The number of aliphatic imine (C=N–C) groups is 1. The smallest absolute Gasteiger partial charge is 0.307 e. The third kappa shape index (κ3) is 6.37. The highest BCUT2D eigenvalue weighted by Crippen LogP contribution is 2.32. The minimum absolute atomic E-state index is 0.0368. The van der Waals surface area contributed by atoms with Gasteiger partial charge in [-0.3, -0.25) is 14.5 Å². The van der Waals surface area contributed by atoms with Gasteiger partial charge >= 0.3 is 5.97 Å². The lowest BCUT2D eigenvalue weighted by Crippen LogP contribution is -2.23. The molecule has 156 valence electrons. The molecule has 1 fully saturated rings. The number of likely N-dealkylation sites (N-methyl/N-ethyl adjacent to an activating group) is 1. The number of hydrogen-bond donors (Lipinski definition) is 1. The first-order valence-electron chi connectivity index (χ1n) is 9.24. The number of carboxylic acids is 1. The van der Waals surface area contributed by atoms with Gasteiger partial charge in [-0.25, -0.2) is 4.99 Å². The normalized spacial score (nSPS) is 17.3. The van der Waals surface area contributed by atoms with E-state index in [1.807, 2.05) is 26.0 Å². The van der Waals surface area contributed by atoms with E-state index < -0.39 is 5.97 Å². The number of allylic oxidation sites excluding steroid dienone is 5. The number of carbonyl (C=O) groups excluding carboxylic acids is 1. The summed E-state index contributed by atoms with van der Waals surface area (Å²) in [6.07, 6.45) is 8.98. The zero-order valence-electron chi connectivity index (χ0n) is 17.4. The van der Waals surface area contributed by atoms with E-state index in [-0.39, 0.29) is 12.3 Å². The molecule has 1 aliphatic heterocycles. The maximum absolute atomic E-state index is 12.6. The highest BCUT2D eigenvalue weighted by molar-refractivity contribution is 8.18. The van der Waals surface area contributed by atoms with Crippen molar-refractivity contribution >= 4 is 34.5 Å². The summed E-state index contributed by atoms with van der Waals surface area (Å²) in [5.41, 5.74) is 5.23.